The second-order valence-electron chi connectivity index (χ2n) is 4.38. The number of fused-ring (bicyclic) bond motifs is 2. The zero-order valence-corrected chi connectivity index (χ0v) is 11.8. The number of urea groups is 1. The van der Waals surface area contributed by atoms with Crippen LogP contribution in [-0.2, 0) is 21.5 Å². The van der Waals surface area contributed by atoms with Gasteiger partial charge in [0.05, 0.1) is 10.0 Å². The van der Waals surface area contributed by atoms with Gasteiger partial charge in [0.2, 0.25) is 0 Å². The van der Waals surface area contributed by atoms with E-state index in [-0.39, 0.29) is 22.2 Å². The molecule has 0 aliphatic carbocycles. The lowest BCUT2D eigenvalue weighted by atomic mass is 9.87. The second kappa shape index (κ2) is 4.28. The molecule has 19 heavy (non-hydrogen) atoms. The van der Waals surface area contributed by atoms with Crippen molar-refractivity contribution in [3.8, 4) is 0 Å². The van der Waals surface area contributed by atoms with Crippen molar-refractivity contribution in [2.75, 3.05) is 5.75 Å². The van der Waals surface area contributed by atoms with Crippen LogP contribution in [0.15, 0.2) is 17.0 Å². The van der Waals surface area contributed by atoms with Crippen molar-refractivity contribution in [2.45, 2.75) is 16.9 Å². The summed E-state index contributed by atoms with van der Waals surface area (Å²) in [7, 11) is 0. The molecule has 8 heteroatoms. The first-order chi connectivity index (χ1) is 8.94. The van der Waals surface area contributed by atoms with E-state index < -0.39 is 28.7 Å². The SMILES string of the molecule is O=C1NC(=O)C2(CC[S+]([O-])c3cc(Cl)c(Cl)cc32)N1. The lowest BCUT2D eigenvalue weighted by Crippen LogP contribution is -2.48. The standard InChI is InChI=1S/C11H8Cl2N2O3S/c12-6-3-5-8(4-7(6)13)19(18)2-1-11(5)9(16)14-10(17)15-11/h3-4H,1-2H2,(H2,14,15,16,17). The molecule has 1 fully saturated rings. The third-order valence-electron chi connectivity index (χ3n) is 3.33. The first kappa shape index (κ1) is 13.1. The third kappa shape index (κ3) is 1.82. The van der Waals surface area contributed by atoms with Crippen LogP contribution in [0.4, 0.5) is 4.79 Å². The first-order valence-corrected chi connectivity index (χ1v) is 7.53. The Hall–Kier alpha value is -0.950. The predicted octanol–water partition coefficient (Wildman–Crippen LogP) is 1.54. The van der Waals surface area contributed by atoms with Gasteiger partial charge in [-0.15, -0.1) is 0 Å². The Morgan fingerprint density at radius 2 is 1.95 bits per heavy atom. The van der Waals surface area contributed by atoms with Gasteiger partial charge in [-0.1, -0.05) is 23.2 Å². The zero-order chi connectivity index (χ0) is 13.8. The molecule has 2 atom stereocenters. The van der Waals surface area contributed by atoms with Gasteiger partial charge in [0, 0.05) is 18.1 Å². The number of halogens is 2. The zero-order valence-electron chi connectivity index (χ0n) is 9.46. The molecular weight excluding hydrogens is 311 g/mol. The van der Waals surface area contributed by atoms with Gasteiger partial charge in [-0.05, 0) is 17.2 Å². The number of nitrogens with one attached hydrogen (secondary N) is 2. The fourth-order valence-corrected chi connectivity index (χ4v) is 4.23. The van der Waals surface area contributed by atoms with Crippen LogP contribution in [0, 0.1) is 0 Å². The molecule has 5 nitrogen and oxygen atoms in total. The lowest BCUT2D eigenvalue weighted by molar-refractivity contribution is -0.124. The highest BCUT2D eigenvalue weighted by Gasteiger charge is 2.53. The molecule has 0 bridgehead atoms. The number of rotatable bonds is 0. The number of hydrogen-bond acceptors (Lipinski definition) is 3. The summed E-state index contributed by atoms with van der Waals surface area (Å²) in [5.74, 6) is -0.174. The quantitative estimate of drug-likeness (QED) is 0.562. The van der Waals surface area contributed by atoms with Crippen LogP contribution < -0.4 is 10.6 Å². The van der Waals surface area contributed by atoms with Crippen LogP contribution in [0.25, 0.3) is 0 Å². The molecule has 1 spiro atoms. The average Bonchev–Trinajstić information content (AvgIpc) is 2.63. The van der Waals surface area contributed by atoms with Crippen LogP contribution in [0.1, 0.15) is 12.0 Å². The van der Waals surface area contributed by atoms with Crippen LogP contribution in [0.2, 0.25) is 10.0 Å². The summed E-state index contributed by atoms with van der Waals surface area (Å²) in [6, 6.07) is 2.44. The Bertz CT molecular complexity index is 610. The molecule has 1 aromatic carbocycles. The van der Waals surface area contributed by atoms with E-state index in [1.165, 1.54) is 12.1 Å². The van der Waals surface area contributed by atoms with Gasteiger partial charge >= 0.3 is 6.03 Å². The first-order valence-electron chi connectivity index (χ1n) is 5.45. The summed E-state index contributed by atoms with van der Waals surface area (Å²) in [6.07, 6.45) is 0.266. The highest BCUT2D eigenvalue weighted by Crippen LogP contribution is 2.42. The van der Waals surface area contributed by atoms with Gasteiger partial charge in [-0.25, -0.2) is 4.79 Å². The van der Waals surface area contributed by atoms with Crippen molar-refractivity contribution in [1.29, 1.82) is 0 Å². The van der Waals surface area contributed by atoms with Crippen LogP contribution >= 0.6 is 23.2 Å². The van der Waals surface area contributed by atoms with E-state index in [1.54, 1.807) is 0 Å². The van der Waals surface area contributed by atoms with Crippen molar-refractivity contribution in [2.24, 2.45) is 0 Å². The van der Waals surface area contributed by atoms with Crippen molar-refractivity contribution < 1.29 is 14.1 Å². The van der Waals surface area contributed by atoms with Gasteiger partial charge in [-0.2, -0.15) is 0 Å². The van der Waals surface area contributed by atoms with Crippen LogP contribution in [0.5, 0.6) is 0 Å². The normalized spacial score (nSPS) is 29.1. The lowest BCUT2D eigenvalue weighted by Gasteiger charge is -2.33. The minimum Gasteiger partial charge on any atom is -0.611 e. The van der Waals surface area contributed by atoms with E-state index in [0.29, 0.717) is 10.5 Å². The highest BCUT2D eigenvalue weighted by atomic mass is 35.5. The Morgan fingerprint density at radius 3 is 2.58 bits per heavy atom. The van der Waals surface area contributed by atoms with E-state index in [1.807, 2.05) is 0 Å². The van der Waals surface area contributed by atoms with Crippen molar-refractivity contribution >= 4 is 46.3 Å². The molecule has 0 aromatic heterocycles. The van der Waals surface area contributed by atoms with Gasteiger partial charge in [-0.3, -0.25) is 10.1 Å². The van der Waals surface area contributed by atoms with E-state index >= 15 is 0 Å². The van der Waals surface area contributed by atoms with Gasteiger partial charge in [0.15, 0.2) is 10.4 Å². The van der Waals surface area contributed by atoms with Crippen molar-refractivity contribution in [3.63, 3.8) is 0 Å². The van der Waals surface area contributed by atoms with Crippen LogP contribution in [0.3, 0.4) is 0 Å². The summed E-state index contributed by atoms with van der Waals surface area (Å²) >= 11 is 10.6. The van der Waals surface area contributed by atoms with Gasteiger partial charge in [0.1, 0.15) is 5.75 Å². The van der Waals surface area contributed by atoms with Gasteiger partial charge < -0.3 is 9.87 Å². The smallest absolute Gasteiger partial charge is 0.322 e. The van der Waals surface area contributed by atoms with E-state index in [2.05, 4.69) is 10.6 Å². The number of imide groups is 1. The number of hydrogen-bond donors (Lipinski definition) is 2. The topological polar surface area (TPSA) is 81.3 Å². The molecule has 0 radical (unpaired) electrons. The molecule has 3 rings (SSSR count). The molecular formula is C11H8Cl2N2O3S. The van der Waals surface area contributed by atoms with E-state index in [4.69, 9.17) is 23.2 Å². The summed E-state index contributed by atoms with van der Waals surface area (Å²) in [5, 5.41) is 5.34. The molecule has 1 aromatic rings. The summed E-state index contributed by atoms with van der Waals surface area (Å²) in [5.41, 5.74) is -0.732. The molecule has 2 aliphatic rings. The van der Waals surface area contributed by atoms with E-state index in [0.717, 1.165) is 0 Å². The Labute approximate surface area is 121 Å². The Balaban J connectivity index is 2.23. The van der Waals surface area contributed by atoms with Crippen LogP contribution in [-0.4, -0.2) is 22.2 Å². The minimum atomic E-state index is -1.26. The molecule has 100 valence electrons. The molecule has 2 aliphatic heterocycles. The maximum absolute atomic E-state index is 12.1. The summed E-state index contributed by atoms with van der Waals surface area (Å²) < 4.78 is 12.0. The maximum Gasteiger partial charge on any atom is 0.322 e. The van der Waals surface area contributed by atoms with Crippen molar-refractivity contribution in [1.82, 2.24) is 10.6 Å². The van der Waals surface area contributed by atoms with E-state index in [9.17, 15) is 14.1 Å². The maximum atomic E-state index is 12.1. The second-order valence-corrected chi connectivity index (χ2v) is 6.73. The Kier molecular flexibility index (Phi) is 2.94. The minimum absolute atomic E-state index is 0.257. The fourth-order valence-electron chi connectivity index (χ4n) is 2.40. The predicted molar refractivity (Wildman–Crippen MR) is 70.7 cm³/mol. The number of amides is 3. The third-order valence-corrected chi connectivity index (χ3v) is 5.46. The molecule has 1 saturated heterocycles. The fraction of sp³-hybridized carbons (Fsp3) is 0.273. The number of benzene rings is 1. The molecule has 2 heterocycles. The summed E-state index contributed by atoms with van der Waals surface area (Å²) in [6.45, 7) is 0. The number of carbonyl (C=O) groups is 2. The van der Waals surface area contributed by atoms with Gasteiger partial charge in [0.25, 0.3) is 5.91 Å². The molecule has 2 unspecified atom stereocenters. The summed E-state index contributed by atoms with van der Waals surface area (Å²) in [4.78, 5) is 23.9. The Morgan fingerprint density at radius 1 is 1.26 bits per heavy atom. The highest BCUT2D eigenvalue weighted by molar-refractivity contribution is 7.91. The largest absolute Gasteiger partial charge is 0.611 e. The number of carbonyl (C=O) groups excluding carboxylic acids is 2. The molecule has 3 amide bonds. The average molecular weight is 319 g/mol. The van der Waals surface area contributed by atoms with Crippen molar-refractivity contribution in [3.05, 3.63) is 27.7 Å². The molecule has 2 N–H and O–H groups in total. The monoisotopic (exact) mass is 318 g/mol. The molecule has 0 saturated carbocycles.